The minimum absolute atomic E-state index is 0.286. The molecule has 0 bridgehead atoms. The third kappa shape index (κ3) is 4.93. The highest BCUT2D eigenvalue weighted by atomic mass is 32.2. The van der Waals surface area contributed by atoms with Crippen molar-refractivity contribution in [1.82, 2.24) is 4.72 Å². The van der Waals surface area contributed by atoms with E-state index in [0.29, 0.717) is 18.8 Å². The van der Waals surface area contributed by atoms with Gasteiger partial charge in [0.05, 0.1) is 5.69 Å². The van der Waals surface area contributed by atoms with Gasteiger partial charge >= 0.3 is 0 Å². The number of hydrogen-bond acceptors (Lipinski definition) is 3. The van der Waals surface area contributed by atoms with Crippen molar-refractivity contribution in [3.8, 4) is 12.3 Å². The molecule has 0 saturated heterocycles. The Morgan fingerprint density at radius 2 is 2.00 bits per heavy atom. The Labute approximate surface area is 115 Å². The summed E-state index contributed by atoms with van der Waals surface area (Å²) in [6.45, 7) is 2.84. The van der Waals surface area contributed by atoms with E-state index in [1.54, 1.807) is 25.1 Å². The van der Waals surface area contributed by atoms with Gasteiger partial charge in [0.2, 0.25) is 10.0 Å². The third-order valence-electron chi connectivity index (χ3n) is 2.57. The molecule has 1 rings (SSSR count). The van der Waals surface area contributed by atoms with Gasteiger partial charge in [-0.1, -0.05) is 19.1 Å². The van der Waals surface area contributed by atoms with Crippen LogP contribution < -0.4 is 10.0 Å². The molecule has 19 heavy (non-hydrogen) atoms. The molecule has 0 heterocycles. The minimum atomic E-state index is -3.43. The maximum absolute atomic E-state index is 12.0. The fourth-order valence-corrected chi connectivity index (χ4v) is 2.91. The second kappa shape index (κ2) is 7.82. The number of anilines is 1. The number of terminal acetylenes is 1. The Morgan fingerprint density at radius 3 is 2.68 bits per heavy atom. The van der Waals surface area contributed by atoms with Crippen LogP contribution in [-0.4, -0.2) is 21.5 Å². The predicted octanol–water partition coefficient (Wildman–Crippen LogP) is 2.20. The van der Waals surface area contributed by atoms with Crippen molar-refractivity contribution in [2.75, 3.05) is 18.4 Å². The first-order chi connectivity index (χ1) is 9.11. The normalized spacial score (nSPS) is 10.9. The minimum Gasteiger partial charge on any atom is -0.384 e. The van der Waals surface area contributed by atoms with Crippen LogP contribution in [0.25, 0.3) is 0 Å². The molecule has 0 aliphatic carbocycles. The standard InChI is InChI=1S/C14H20N2O2S/c1-3-5-6-9-12-15-13-10-7-8-11-14(13)19(17,18)16-4-2/h1,7-8,10-11,15-16H,4-6,9,12H2,2H3. The van der Waals surface area contributed by atoms with E-state index in [-0.39, 0.29) is 4.90 Å². The molecule has 4 nitrogen and oxygen atoms in total. The Morgan fingerprint density at radius 1 is 1.26 bits per heavy atom. The van der Waals surface area contributed by atoms with E-state index < -0.39 is 10.0 Å². The van der Waals surface area contributed by atoms with Crippen LogP contribution in [0.2, 0.25) is 0 Å². The maximum Gasteiger partial charge on any atom is 0.242 e. The molecular weight excluding hydrogens is 260 g/mol. The van der Waals surface area contributed by atoms with Crippen LogP contribution in [0, 0.1) is 12.3 Å². The molecule has 0 aliphatic rings. The second-order valence-electron chi connectivity index (χ2n) is 4.09. The molecule has 0 aromatic heterocycles. The molecule has 104 valence electrons. The van der Waals surface area contributed by atoms with Crippen molar-refractivity contribution in [1.29, 1.82) is 0 Å². The van der Waals surface area contributed by atoms with Crippen molar-refractivity contribution >= 4 is 15.7 Å². The second-order valence-corrected chi connectivity index (χ2v) is 5.82. The lowest BCUT2D eigenvalue weighted by molar-refractivity contribution is 0.584. The lowest BCUT2D eigenvalue weighted by atomic mass is 10.2. The predicted molar refractivity (Wildman–Crippen MR) is 78.5 cm³/mol. The lowest BCUT2D eigenvalue weighted by Gasteiger charge is -2.12. The maximum atomic E-state index is 12.0. The van der Waals surface area contributed by atoms with Crippen molar-refractivity contribution in [3.63, 3.8) is 0 Å². The molecule has 0 radical (unpaired) electrons. The number of benzene rings is 1. The molecule has 0 aliphatic heterocycles. The largest absolute Gasteiger partial charge is 0.384 e. The van der Waals surface area contributed by atoms with E-state index in [1.807, 2.05) is 6.07 Å². The van der Waals surface area contributed by atoms with Gasteiger partial charge in [-0.15, -0.1) is 12.3 Å². The van der Waals surface area contributed by atoms with Crippen molar-refractivity contribution in [3.05, 3.63) is 24.3 Å². The van der Waals surface area contributed by atoms with Crippen LogP contribution in [0.5, 0.6) is 0 Å². The smallest absolute Gasteiger partial charge is 0.242 e. The van der Waals surface area contributed by atoms with Crippen LogP contribution >= 0.6 is 0 Å². The zero-order chi connectivity index (χ0) is 14.1. The van der Waals surface area contributed by atoms with Crippen LogP contribution in [0.4, 0.5) is 5.69 Å². The number of unbranched alkanes of at least 4 members (excludes halogenated alkanes) is 2. The zero-order valence-electron chi connectivity index (χ0n) is 11.1. The van der Waals surface area contributed by atoms with E-state index in [9.17, 15) is 8.42 Å². The Hall–Kier alpha value is -1.51. The van der Waals surface area contributed by atoms with Gasteiger partial charge in [0, 0.05) is 19.5 Å². The van der Waals surface area contributed by atoms with Gasteiger partial charge in [-0.25, -0.2) is 13.1 Å². The molecule has 0 spiro atoms. The molecule has 0 fully saturated rings. The van der Waals surface area contributed by atoms with Gasteiger partial charge in [0.15, 0.2) is 0 Å². The summed E-state index contributed by atoms with van der Waals surface area (Å²) in [4.78, 5) is 0.286. The molecule has 0 amide bonds. The molecule has 2 N–H and O–H groups in total. The van der Waals surface area contributed by atoms with E-state index in [2.05, 4.69) is 16.0 Å². The highest BCUT2D eigenvalue weighted by Gasteiger charge is 2.16. The first kappa shape index (κ1) is 15.5. The van der Waals surface area contributed by atoms with Gasteiger partial charge in [-0.05, 0) is 25.0 Å². The SMILES string of the molecule is C#CCCCCNc1ccccc1S(=O)(=O)NCC. The molecule has 0 unspecified atom stereocenters. The van der Waals surface area contributed by atoms with E-state index in [1.165, 1.54) is 0 Å². The molecule has 0 saturated carbocycles. The number of hydrogen-bond donors (Lipinski definition) is 2. The average molecular weight is 280 g/mol. The summed E-state index contributed by atoms with van der Waals surface area (Å²) in [5.41, 5.74) is 0.629. The zero-order valence-corrected chi connectivity index (χ0v) is 12.0. The monoisotopic (exact) mass is 280 g/mol. The van der Waals surface area contributed by atoms with Crippen LogP contribution in [0.15, 0.2) is 29.2 Å². The van der Waals surface area contributed by atoms with E-state index >= 15 is 0 Å². The fraction of sp³-hybridized carbons (Fsp3) is 0.429. The number of para-hydroxylation sites is 1. The van der Waals surface area contributed by atoms with Crippen LogP contribution in [0.3, 0.4) is 0 Å². The number of nitrogens with one attached hydrogen (secondary N) is 2. The summed E-state index contributed by atoms with van der Waals surface area (Å²) in [6.07, 6.45) is 7.78. The summed E-state index contributed by atoms with van der Waals surface area (Å²) in [6, 6.07) is 6.90. The van der Waals surface area contributed by atoms with Gasteiger partial charge < -0.3 is 5.32 Å². The van der Waals surface area contributed by atoms with Gasteiger partial charge in [-0.2, -0.15) is 0 Å². The van der Waals surface area contributed by atoms with Crippen LogP contribution in [0.1, 0.15) is 26.2 Å². The summed E-state index contributed by atoms with van der Waals surface area (Å²) < 4.78 is 26.5. The lowest BCUT2D eigenvalue weighted by Crippen LogP contribution is -2.24. The highest BCUT2D eigenvalue weighted by Crippen LogP contribution is 2.20. The molecule has 1 aromatic carbocycles. The Balaban J connectivity index is 2.72. The van der Waals surface area contributed by atoms with E-state index in [0.717, 1.165) is 19.3 Å². The summed E-state index contributed by atoms with van der Waals surface area (Å²) in [5.74, 6) is 2.59. The van der Waals surface area contributed by atoms with Gasteiger partial charge in [0.1, 0.15) is 4.90 Å². The summed E-state index contributed by atoms with van der Waals surface area (Å²) >= 11 is 0. The molecule has 5 heteroatoms. The molecule has 0 atom stereocenters. The van der Waals surface area contributed by atoms with Gasteiger partial charge in [0.25, 0.3) is 0 Å². The first-order valence-corrected chi connectivity index (χ1v) is 7.86. The molecule has 1 aromatic rings. The number of sulfonamides is 1. The topological polar surface area (TPSA) is 58.2 Å². The Bertz CT molecular complexity index is 533. The quantitative estimate of drug-likeness (QED) is 0.567. The Kier molecular flexibility index (Phi) is 6.40. The van der Waals surface area contributed by atoms with Crippen molar-refractivity contribution in [2.45, 2.75) is 31.1 Å². The summed E-state index contributed by atoms with van der Waals surface area (Å²) in [7, 11) is -3.43. The van der Waals surface area contributed by atoms with Crippen molar-refractivity contribution < 1.29 is 8.42 Å². The fourth-order valence-electron chi connectivity index (χ4n) is 1.69. The van der Waals surface area contributed by atoms with Crippen molar-refractivity contribution in [2.24, 2.45) is 0 Å². The molecular formula is C14H20N2O2S. The summed E-state index contributed by atoms with van der Waals surface area (Å²) in [5, 5.41) is 3.15. The van der Waals surface area contributed by atoms with Crippen LogP contribution in [-0.2, 0) is 10.0 Å². The first-order valence-electron chi connectivity index (χ1n) is 6.38. The van der Waals surface area contributed by atoms with Gasteiger partial charge in [-0.3, -0.25) is 0 Å². The number of rotatable bonds is 8. The third-order valence-corrected chi connectivity index (χ3v) is 4.18. The van der Waals surface area contributed by atoms with E-state index in [4.69, 9.17) is 6.42 Å². The highest BCUT2D eigenvalue weighted by molar-refractivity contribution is 7.89. The average Bonchev–Trinajstić information content (AvgIpc) is 2.39.